The first-order valence-electron chi connectivity index (χ1n) is 9.22. The van der Waals surface area contributed by atoms with Crippen LogP contribution in [0.5, 0.6) is 5.75 Å². The van der Waals surface area contributed by atoms with Crippen molar-refractivity contribution >= 4 is 32.6 Å². The average Bonchev–Trinajstić information content (AvgIpc) is 3.11. The third kappa shape index (κ3) is 4.15. The number of methoxy groups -OCH3 is 1. The predicted molar refractivity (Wildman–Crippen MR) is 111 cm³/mol. The fraction of sp³-hybridized carbons (Fsp3) is 0.333. The summed E-state index contributed by atoms with van der Waals surface area (Å²) in [7, 11) is 5.73. The molecule has 2 aromatic carbocycles. The van der Waals surface area contributed by atoms with Crippen LogP contribution in [0.25, 0.3) is 10.2 Å². The van der Waals surface area contributed by atoms with Crippen molar-refractivity contribution < 1.29 is 18.8 Å². The van der Waals surface area contributed by atoms with Gasteiger partial charge < -0.3 is 9.64 Å². The van der Waals surface area contributed by atoms with Crippen LogP contribution in [0.3, 0.4) is 0 Å². The molecule has 148 valence electrons. The molecule has 0 aliphatic carbocycles. The molecule has 0 aliphatic heterocycles. The lowest BCUT2D eigenvalue weighted by molar-refractivity contribution is -0.858. The van der Waals surface area contributed by atoms with Gasteiger partial charge >= 0.3 is 0 Å². The van der Waals surface area contributed by atoms with Gasteiger partial charge in [-0.25, -0.2) is 9.37 Å². The largest absolute Gasteiger partial charge is 0.494 e. The molecule has 28 heavy (non-hydrogen) atoms. The van der Waals surface area contributed by atoms with Crippen LogP contribution < -0.4 is 14.5 Å². The SMILES string of the molecule is COc1ccc(C)c2sc(N(CCC[NH+](C)C)C(=O)c3ccccc3F)nc12. The second kappa shape index (κ2) is 8.67. The van der Waals surface area contributed by atoms with Gasteiger partial charge in [0.05, 0.1) is 38.0 Å². The number of rotatable bonds is 7. The molecule has 7 heteroatoms. The summed E-state index contributed by atoms with van der Waals surface area (Å²) in [5.41, 5.74) is 1.85. The highest BCUT2D eigenvalue weighted by Gasteiger charge is 2.24. The number of benzene rings is 2. The van der Waals surface area contributed by atoms with E-state index in [2.05, 4.69) is 19.1 Å². The molecule has 0 saturated carbocycles. The first kappa shape index (κ1) is 20.2. The molecule has 0 aliphatic rings. The minimum Gasteiger partial charge on any atom is -0.494 e. The summed E-state index contributed by atoms with van der Waals surface area (Å²) in [5.74, 6) is -0.229. The van der Waals surface area contributed by atoms with E-state index in [1.54, 1.807) is 24.1 Å². The van der Waals surface area contributed by atoms with Crippen LogP contribution in [-0.2, 0) is 0 Å². The zero-order chi connectivity index (χ0) is 20.3. The topological polar surface area (TPSA) is 46.9 Å². The highest BCUT2D eigenvalue weighted by atomic mass is 32.1. The Bertz CT molecular complexity index is 987. The Hall–Kier alpha value is -2.51. The smallest absolute Gasteiger partial charge is 0.263 e. The summed E-state index contributed by atoms with van der Waals surface area (Å²) in [4.78, 5) is 20.7. The van der Waals surface area contributed by atoms with E-state index in [0.717, 1.165) is 28.7 Å². The second-order valence-electron chi connectivity index (χ2n) is 7.01. The van der Waals surface area contributed by atoms with E-state index in [-0.39, 0.29) is 11.5 Å². The van der Waals surface area contributed by atoms with Gasteiger partial charge in [-0.05, 0) is 30.7 Å². The van der Waals surface area contributed by atoms with Gasteiger partial charge in [0.25, 0.3) is 5.91 Å². The molecule has 3 rings (SSSR count). The molecule has 3 aromatic rings. The third-order valence-corrected chi connectivity index (χ3v) is 5.76. The van der Waals surface area contributed by atoms with Gasteiger partial charge in [0, 0.05) is 13.0 Å². The van der Waals surface area contributed by atoms with Gasteiger partial charge in [0.15, 0.2) is 5.13 Å². The van der Waals surface area contributed by atoms with Crippen molar-refractivity contribution in [2.45, 2.75) is 13.3 Å². The molecule has 0 fully saturated rings. The van der Waals surface area contributed by atoms with Gasteiger partial charge in [-0.15, -0.1) is 0 Å². The van der Waals surface area contributed by atoms with E-state index in [1.807, 2.05) is 19.1 Å². The summed E-state index contributed by atoms with van der Waals surface area (Å²) in [6.45, 7) is 3.37. The summed E-state index contributed by atoms with van der Waals surface area (Å²) >= 11 is 1.43. The monoisotopic (exact) mass is 402 g/mol. The minimum atomic E-state index is -0.523. The normalized spacial score (nSPS) is 11.2. The Balaban J connectivity index is 2.03. The fourth-order valence-corrected chi connectivity index (χ4v) is 4.11. The Labute approximate surface area is 168 Å². The lowest BCUT2D eigenvalue weighted by atomic mass is 10.2. The summed E-state index contributed by atoms with van der Waals surface area (Å²) in [6.07, 6.45) is 0.786. The number of carbonyl (C=O) groups is 1. The molecule has 0 radical (unpaired) electrons. The van der Waals surface area contributed by atoms with Crippen molar-refractivity contribution in [2.75, 3.05) is 39.2 Å². The molecule has 0 unspecified atom stereocenters. The Morgan fingerprint density at radius 3 is 2.68 bits per heavy atom. The zero-order valence-electron chi connectivity index (χ0n) is 16.6. The lowest BCUT2D eigenvalue weighted by Gasteiger charge is -2.20. The van der Waals surface area contributed by atoms with Crippen molar-refractivity contribution in [1.29, 1.82) is 0 Å². The van der Waals surface area contributed by atoms with E-state index in [1.165, 1.54) is 28.4 Å². The third-order valence-electron chi connectivity index (χ3n) is 4.55. The quantitative estimate of drug-likeness (QED) is 0.661. The van der Waals surface area contributed by atoms with Gasteiger partial charge in [-0.2, -0.15) is 0 Å². The summed E-state index contributed by atoms with van der Waals surface area (Å²) < 4.78 is 20.7. The first-order valence-corrected chi connectivity index (χ1v) is 10.0. The highest BCUT2D eigenvalue weighted by Crippen LogP contribution is 2.37. The molecule has 1 heterocycles. The minimum absolute atomic E-state index is 0.0580. The average molecular weight is 403 g/mol. The summed E-state index contributed by atoms with van der Waals surface area (Å²) in [5, 5.41) is 0.560. The number of carbonyl (C=O) groups excluding carboxylic acids is 1. The molecule has 1 aromatic heterocycles. The molecule has 0 spiro atoms. The fourth-order valence-electron chi connectivity index (χ4n) is 3.03. The number of hydrogen-bond acceptors (Lipinski definition) is 4. The number of aromatic nitrogens is 1. The second-order valence-corrected chi connectivity index (χ2v) is 7.98. The number of ether oxygens (including phenoxy) is 1. The maximum Gasteiger partial charge on any atom is 0.263 e. The Morgan fingerprint density at radius 2 is 2.00 bits per heavy atom. The number of fused-ring (bicyclic) bond motifs is 1. The predicted octanol–water partition coefficient (Wildman–Crippen LogP) is 2.93. The van der Waals surface area contributed by atoms with Crippen LogP contribution in [0.1, 0.15) is 22.3 Å². The standard InChI is InChI=1S/C21H24FN3O2S/c1-14-10-11-17(27-4)18-19(14)28-21(23-18)25(13-7-12-24(2)3)20(26)15-8-5-6-9-16(15)22/h5-6,8-11H,7,12-13H2,1-4H3/p+1. The Kier molecular flexibility index (Phi) is 6.26. The molecule has 0 atom stereocenters. The van der Waals surface area contributed by atoms with Gasteiger partial charge in [0.1, 0.15) is 17.1 Å². The number of quaternary nitrogens is 1. The van der Waals surface area contributed by atoms with Crippen molar-refractivity contribution in [3.63, 3.8) is 0 Å². The van der Waals surface area contributed by atoms with Crippen LogP contribution in [0, 0.1) is 12.7 Å². The summed E-state index contributed by atoms with van der Waals surface area (Å²) in [6, 6.07) is 9.92. The maximum atomic E-state index is 14.3. The molecular weight excluding hydrogens is 377 g/mol. The van der Waals surface area contributed by atoms with E-state index < -0.39 is 5.82 Å². The van der Waals surface area contributed by atoms with E-state index in [4.69, 9.17) is 4.74 Å². The van der Waals surface area contributed by atoms with E-state index in [0.29, 0.717) is 17.4 Å². The molecule has 0 bridgehead atoms. The van der Waals surface area contributed by atoms with Crippen LogP contribution in [0.15, 0.2) is 36.4 Å². The van der Waals surface area contributed by atoms with Crippen molar-refractivity contribution in [3.8, 4) is 5.75 Å². The number of aryl methyl sites for hydroxylation is 1. The number of anilines is 1. The van der Waals surface area contributed by atoms with Crippen LogP contribution in [0.4, 0.5) is 9.52 Å². The van der Waals surface area contributed by atoms with Crippen molar-refractivity contribution in [2.24, 2.45) is 0 Å². The van der Waals surface area contributed by atoms with Gasteiger partial charge in [-0.1, -0.05) is 29.5 Å². The van der Waals surface area contributed by atoms with Crippen LogP contribution in [0.2, 0.25) is 0 Å². The molecular formula is C21H25FN3O2S+. The first-order chi connectivity index (χ1) is 13.4. The van der Waals surface area contributed by atoms with E-state index >= 15 is 0 Å². The number of halogens is 1. The highest BCUT2D eigenvalue weighted by molar-refractivity contribution is 7.22. The van der Waals surface area contributed by atoms with E-state index in [9.17, 15) is 9.18 Å². The number of hydrogen-bond donors (Lipinski definition) is 1. The number of thiazole rings is 1. The number of amides is 1. The number of nitrogens with zero attached hydrogens (tertiary/aromatic N) is 2. The molecule has 0 saturated heterocycles. The van der Waals surface area contributed by atoms with Crippen LogP contribution >= 0.6 is 11.3 Å². The Morgan fingerprint density at radius 1 is 1.25 bits per heavy atom. The lowest BCUT2D eigenvalue weighted by Crippen LogP contribution is -3.05. The maximum absolute atomic E-state index is 14.3. The van der Waals surface area contributed by atoms with Gasteiger partial charge in [0.2, 0.25) is 0 Å². The number of nitrogens with one attached hydrogen (secondary N) is 1. The van der Waals surface area contributed by atoms with Gasteiger partial charge in [-0.3, -0.25) is 9.69 Å². The molecule has 1 amide bonds. The zero-order valence-corrected chi connectivity index (χ0v) is 17.4. The van der Waals surface area contributed by atoms with Crippen molar-refractivity contribution in [3.05, 3.63) is 53.3 Å². The van der Waals surface area contributed by atoms with Crippen LogP contribution in [-0.4, -0.2) is 45.2 Å². The molecule has 1 N–H and O–H groups in total. The molecule has 5 nitrogen and oxygen atoms in total. The van der Waals surface area contributed by atoms with Crippen molar-refractivity contribution in [1.82, 2.24) is 4.98 Å².